The first-order chi connectivity index (χ1) is 9.60. The smallest absolute Gasteiger partial charge is 0.146 e. The van der Waals surface area contributed by atoms with E-state index in [0.29, 0.717) is 21.0 Å². The molecular weight excluding hydrogens is 345 g/mol. The minimum Gasteiger partial charge on any atom is -0.455 e. The number of rotatable bonds is 5. The van der Waals surface area contributed by atoms with Gasteiger partial charge in [-0.15, -0.1) is 0 Å². The third-order valence-corrected chi connectivity index (χ3v) is 3.60. The Balaban J connectivity index is 2.17. The van der Waals surface area contributed by atoms with E-state index in [1.165, 1.54) is 12.1 Å². The molecule has 0 unspecified atom stereocenters. The summed E-state index contributed by atoms with van der Waals surface area (Å²) in [5.41, 5.74) is 1.09. The number of benzene rings is 2. The molecule has 2 aromatic rings. The Kier molecular flexibility index (Phi) is 5.40. The van der Waals surface area contributed by atoms with Gasteiger partial charge < -0.3 is 10.1 Å². The fourth-order valence-electron chi connectivity index (χ4n) is 1.68. The molecule has 5 heteroatoms. The summed E-state index contributed by atoms with van der Waals surface area (Å²) < 4.78 is 19.3. The normalized spacial score (nSPS) is 10.6. The van der Waals surface area contributed by atoms with Crippen LogP contribution >= 0.6 is 27.5 Å². The molecule has 0 fully saturated rings. The quantitative estimate of drug-likeness (QED) is 0.798. The summed E-state index contributed by atoms with van der Waals surface area (Å²) in [6, 6.07) is 9.86. The molecule has 0 spiro atoms. The van der Waals surface area contributed by atoms with Gasteiger partial charge in [0, 0.05) is 6.54 Å². The average molecular weight is 359 g/mol. The van der Waals surface area contributed by atoms with Gasteiger partial charge >= 0.3 is 0 Å². The van der Waals surface area contributed by atoms with E-state index in [-0.39, 0.29) is 5.82 Å². The second-order valence-electron chi connectivity index (χ2n) is 4.22. The van der Waals surface area contributed by atoms with Crippen LogP contribution in [0.15, 0.2) is 40.9 Å². The van der Waals surface area contributed by atoms with E-state index in [0.717, 1.165) is 18.7 Å². The molecule has 2 aromatic carbocycles. The van der Waals surface area contributed by atoms with Gasteiger partial charge in [-0.3, -0.25) is 0 Å². The zero-order valence-corrected chi connectivity index (χ0v) is 13.3. The zero-order valence-electron chi connectivity index (χ0n) is 10.9. The lowest BCUT2D eigenvalue weighted by Crippen LogP contribution is -2.11. The van der Waals surface area contributed by atoms with Crippen LogP contribution in [0.5, 0.6) is 11.5 Å². The van der Waals surface area contributed by atoms with E-state index >= 15 is 0 Å². The largest absolute Gasteiger partial charge is 0.455 e. The summed E-state index contributed by atoms with van der Waals surface area (Å²) in [6.45, 7) is 3.71. The van der Waals surface area contributed by atoms with Gasteiger partial charge in [0.05, 0.1) is 9.50 Å². The van der Waals surface area contributed by atoms with Gasteiger partial charge in [0.2, 0.25) is 0 Å². The molecule has 0 saturated carbocycles. The van der Waals surface area contributed by atoms with Crippen molar-refractivity contribution in [3.05, 3.63) is 57.3 Å². The summed E-state index contributed by atoms with van der Waals surface area (Å²) in [6.07, 6.45) is 0. The van der Waals surface area contributed by atoms with Gasteiger partial charge in [0.25, 0.3) is 0 Å². The van der Waals surface area contributed by atoms with Crippen LogP contribution in [-0.4, -0.2) is 6.54 Å². The van der Waals surface area contributed by atoms with E-state index in [1.54, 1.807) is 6.07 Å². The maximum absolute atomic E-state index is 13.0. The highest BCUT2D eigenvalue weighted by molar-refractivity contribution is 9.10. The molecule has 2 nitrogen and oxygen atoms in total. The SMILES string of the molecule is CCNCc1ccc(Oc2ccc(F)cc2Br)c(Cl)c1. The lowest BCUT2D eigenvalue weighted by molar-refractivity contribution is 0.477. The third kappa shape index (κ3) is 3.95. The van der Waals surface area contributed by atoms with Crippen molar-refractivity contribution < 1.29 is 9.13 Å². The molecule has 0 aliphatic heterocycles. The monoisotopic (exact) mass is 357 g/mol. The average Bonchev–Trinajstić information content (AvgIpc) is 2.42. The van der Waals surface area contributed by atoms with Gasteiger partial charge in [-0.1, -0.05) is 24.6 Å². The van der Waals surface area contributed by atoms with E-state index in [2.05, 4.69) is 21.2 Å². The van der Waals surface area contributed by atoms with E-state index in [4.69, 9.17) is 16.3 Å². The first-order valence-electron chi connectivity index (χ1n) is 6.22. The third-order valence-electron chi connectivity index (χ3n) is 2.69. The topological polar surface area (TPSA) is 21.3 Å². The molecule has 0 aliphatic rings. The lowest BCUT2D eigenvalue weighted by atomic mass is 10.2. The maximum Gasteiger partial charge on any atom is 0.146 e. The Morgan fingerprint density at radius 1 is 1.20 bits per heavy atom. The summed E-state index contributed by atoms with van der Waals surface area (Å²) in [4.78, 5) is 0. The molecule has 0 heterocycles. The number of ether oxygens (including phenoxy) is 1. The van der Waals surface area contributed by atoms with Crippen LogP contribution in [0.4, 0.5) is 4.39 Å². The van der Waals surface area contributed by atoms with Gasteiger partial charge in [-0.2, -0.15) is 0 Å². The highest BCUT2D eigenvalue weighted by Crippen LogP contribution is 2.34. The molecule has 0 radical (unpaired) electrons. The molecule has 0 bridgehead atoms. The van der Waals surface area contributed by atoms with Crippen LogP contribution in [0.3, 0.4) is 0 Å². The first kappa shape index (κ1) is 15.3. The van der Waals surface area contributed by atoms with Crippen LogP contribution in [0.1, 0.15) is 12.5 Å². The Morgan fingerprint density at radius 3 is 2.60 bits per heavy atom. The second-order valence-corrected chi connectivity index (χ2v) is 5.48. The molecule has 0 saturated heterocycles. The number of hydrogen-bond donors (Lipinski definition) is 1. The van der Waals surface area contributed by atoms with Crippen molar-refractivity contribution in [3.8, 4) is 11.5 Å². The summed E-state index contributed by atoms with van der Waals surface area (Å²) in [7, 11) is 0. The molecule has 0 aromatic heterocycles. The number of nitrogens with one attached hydrogen (secondary N) is 1. The molecular formula is C15H14BrClFNO. The molecule has 2 rings (SSSR count). The second kappa shape index (κ2) is 7.07. The van der Waals surface area contributed by atoms with Crippen LogP contribution in [0.25, 0.3) is 0 Å². The molecule has 0 amide bonds. The fourth-order valence-corrected chi connectivity index (χ4v) is 2.36. The Hall–Kier alpha value is -1.10. The van der Waals surface area contributed by atoms with Gasteiger partial charge in [0.1, 0.15) is 17.3 Å². The highest BCUT2D eigenvalue weighted by Gasteiger charge is 2.08. The first-order valence-corrected chi connectivity index (χ1v) is 7.39. The van der Waals surface area contributed by atoms with Crippen LogP contribution in [-0.2, 0) is 6.54 Å². The minimum absolute atomic E-state index is 0.323. The molecule has 0 aliphatic carbocycles. The van der Waals surface area contributed by atoms with Crippen LogP contribution in [0.2, 0.25) is 5.02 Å². The minimum atomic E-state index is -0.323. The Bertz CT molecular complexity index is 606. The molecule has 20 heavy (non-hydrogen) atoms. The van der Waals surface area contributed by atoms with Crippen LogP contribution < -0.4 is 10.1 Å². The van der Waals surface area contributed by atoms with E-state index < -0.39 is 0 Å². The van der Waals surface area contributed by atoms with Crippen molar-refractivity contribution in [2.75, 3.05) is 6.54 Å². The van der Waals surface area contributed by atoms with E-state index in [1.807, 2.05) is 25.1 Å². The van der Waals surface area contributed by atoms with Gasteiger partial charge in [0.15, 0.2) is 0 Å². The fraction of sp³-hybridized carbons (Fsp3) is 0.200. The van der Waals surface area contributed by atoms with Crippen molar-refractivity contribution in [2.45, 2.75) is 13.5 Å². The Morgan fingerprint density at radius 2 is 1.95 bits per heavy atom. The standard InChI is InChI=1S/C15H14BrClFNO/c1-2-19-9-10-3-5-15(13(17)7-10)20-14-6-4-11(18)8-12(14)16/h3-8,19H,2,9H2,1H3. The van der Waals surface area contributed by atoms with Crippen LogP contribution in [0, 0.1) is 5.82 Å². The van der Waals surface area contributed by atoms with Gasteiger partial charge in [-0.05, 0) is 58.4 Å². The van der Waals surface area contributed by atoms with Crippen molar-refractivity contribution in [2.24, 2.45) is 0 Å². The zero-order chi connectivity index (χ0) is 14.5. The van der Waals surface area contributed by atoms with Crippen molar-refractivity contribution in [1.29, 1.82) is 0 Å². The van der Waals surface area contributed by atoms with Crippen molar-refractivity contribution in [1.82, 2.24) is 5.32 Å². The predicted molar refractivity (Wildman–Crippen MR) is 83.0 cm³/mol. The molecule has 106 valence electrons. The summed E-state index contributed by atoms with van der Waals surface area (Å²) in [5, 5.41) is 3.75. The Labute approximate surface area is 131 Å². The van der Waals surface area contributed by atoms with E-state index in [9.17, 15) is 4.39 Å². The van der Waals surface area contributed by atoms with Gasteiger partial charge in [-0.25, -0.2) is 4.39 Å². The lowest BCUT2D eigenvalue weighted by Gasteiger charge is -2.11. The number of halogens is 3. The van der Waals surface area contributed by atoms with Crippen molar-refractivity contribution in [3.63, 3.8) is 0 Å². The highest BCUT2D eigenvalue weighted by atomic mass is 79.9. The molecule has 0 atom stereocenters. The maximum atomic E-state index is 13.0. The predicted octanol–water partition coefficient (Wildman–Crippen LogP) is 5.14. The van der Waals surface area contributed by atoms with Crippen molar-refractivity contribution >= 4 is 27.5 Å². The summed E-state index contributed by atoms with van der Waals surface area (Å²) >= 11 is 9.46. The number of hydrogen-bond acceptors (Lipinski definition) is 2. The molecule has 1 N–H and O–H groups in total. The summed E-state index contributed by atoms with van der Waals surface area (Å²) in [5.74, 6) is 0.739.